The van der Waals surface area contributed by atoms with E-state index in [1.165, 1.54) is 0 Å². The summed E-state index contributed by atoms with van der Waals surface area (Å²) in [6, 6.07) is 17.5. The van der Waals surface area contributed by atoms with E-state index in [-0.39, 0.29) is 11.8 Å². The van der Waals surface area contributed by atoms with E-state index >= 15 is 0 Å². The molecule has 2 amide bonds. The van der Waals surface area contributed by atoms with Gasteiger partial charge in [-0.3, -0.25) is 14.6 Å². The van der Waals surface area contributed by atoms with Gasteiger partial charge in [0.1, 0.15) is 0 Å². The topological polar surface area (TPSA) is 85.8 Å². The van der Waals surface area contributed by atoms with Gasteiger partial charge in [-0.05, 0) is 36.6 Å². The van der Waals surface area contributed by atoms with Crippen LogP contribution in [0, 0.1) is 0 Å². The molecule has 2 rings (SSSR count). The number of nitrogens with one attached hydrogen (secondary N) is 3. The number of carbonyl (C=O) groups is 2. The predicted molar refractivity (Wildman–Crippen MR) is 125 cm³/mol. The molecule has 0 spiro atoms. The van der Waals surface area contributed by atoms with Crippen LogP contribution in [0.2, 0.25) is 0 Å². The Morgan fingerprint density at radius 2 is 1.68 bits per heavy atom. The van der Waals surface area contributed by atoms with Crippen molar-refractivity contribution in [3.05, 3.63) is 71.3 Å². The molecular formula is C24H33N5O2. The lowest BCUT2D eigenvalue weighted by atomic mass is 10.1. The van der Waals surface area contributed by atoms with Gasteiger partial charge in [-0.25, -0.2) is 0 Å². The van der Waals surface area contributed by atoms with Crippen LogP contribution in [0.3, 0.4) is 0 Å². The standard InChI is InChI=1S/C24H33N5O2/c1-4-25-24(27-16-14-22(30)28-18-20-9-6-5-7-10-20)26-15-13-19-11-8-12-21(17-19)23(31)29(2)3/h5-12,17H,4,13-16,18H2,1-3H3,(H,28,30)(H2,25,26,27). The van der Waals surface area contributed by atoms with Crippen molar-refractivity contribution in [1.82, 2.24) is 20.9 Å². The van der Waals surface area contributed by atoms with Gasteiger partial charge in [-0.2, -0.15) is 0 Å². The van der Waals surface area contributed by atoms with Crippen LogP contribution in [-0.2, 0) is 17.8 Å². The largest absolute Gasteiger partial charge is 0.357 e. The van der Waals surface area contributed by atoms with Gasteiger partial charge in [0.25, 0.3) is 5.91 Å². The molecule has 0 atom stereocenters. The molecule has 0 aliphatic rings. The van der Waals surface area contributed by atoms with Crippen molar-refractivity contribution < 1.29 is 9.59 Å². The average Bonchev–Trinajstić information content (AvgIpc) is 2.78. The maximum absolute atomic E-state index is 12.1. The summed E-state index contributed by atoms with van der Waals surface area (Å²) in [6.45, 7) is 4.34. The lowest BCUT2D eigenvalue weighted by Crippen LogP contribution is -2.38. The molecule has 0 saturated carbocycles. The summed E-state index contributed by atoms with van der Waals surface area (Å²) in [6.07, 6.45) is 1.09. The molecule has 2 aromatic rings. The number of benzene rings is 2. The zero-order valence-corrected chi connectivity index (χ0v) is 18.6. The summed E-state index contributed by atoms with van der Waals surface area (Å²) in [5, 5.41) is 9.39. The first-order valence-corrected chi connectivity index (χ1v) is 10.6. The first-order chi connectivity index (χ1) is 15.0. The maximum Gasteiger partial charge on any atom is 0.253 e. The number of amides is 2. The number of rotatable bonds is 10. The van der Waals surface area contributed by atoms with E-state index in [0.29, 0.717) is 37.6 Å². The van der Waals surface area contributed by atoms with E-state index in [1.807, 2.05) is 61.5 Å². The van der Waals surface area contributed by atoms with Crippen LogP contribution in [0.1, 0.15) is 34.8 Å². The first-order valence-electron chi connectivity index (χ1n) is 10.6. The van der Waals surface area contributed by atoms with Crippen LogP contribution in [0.25, 0.3) is 0 Å². The molecule has 0 aliphatic carbocycles. The van der Waals surface area contributed by atoms with Crippen LogP contribution >= 0.6 is 0 Å². The first kappa shape index (κ1) is 23.9. The molecule has 0 radical (unpaired) electrons. The third-order valence-electron chi connectivity index (χ3n) is 4.57. The fraction of sp³-hybridized carbons (Fsp3) is 0.375. The van der Waals surface area contributed by atoms with E-state index in [2.05, 4.69) is 20.9 Å². The zero-order chi connectivity index (χ0) is 22.5. The zero-order valence-electron chi connectivity index (χ0n) is 18.6. The van der Waals surface area contributed by atoms with Crippen LogP contribution in [0.15, 0.2) is 59.6 Å². The molecule has 2 aromatic carbocycles. The van der Waals surface area contributed by atoms with Crippen molar-refractivity contribution in [3.63, 3.8) is 0 Å². The smallest absolute Gasteiger partial charge is 0.253 e. The maximum atomic E-state index is 12.1. The number of carbonyl (C=O) groups excluding carboxylic acids is 2. The van der Waals surface area contributed by atoms with Crippen molar-refractivity contribution in [2.45, 2.75) is 26.3 Å². The van der Waals surface area contributed by atoms with Crippen molar-refractivity contribution in [2.24, 2.45) is 4.99 Å². The Morgan fingerprint density at radius 3 is 2.39 bits per heavy atom. The average molecular weight is 424 g/mol. The molecular weight excluding hydrogens is 390 g/mol. The fourth-order valence-electron chi connectivity index (χ4n) is 2.94. The van der Waals surface area contributed by atoms with Crippen LogP contribution in [0.4, 0.5) is 0 Å². The minimum Gasteiger partial charge on any atom is -0.357 e. The predicted octanol–water partition coefficient (Wildman–Crippen LogP) is 2.19. The summed E-state index contributed by atoms with van der Waals surface area (Å²) in [5.74, 6) is 0.653. The van der Waals surface area contributed by atoms with Gasteiger partial charge >= 0.3 is 0 Å². The van der Waals surface area contributed by atoms with Gasteiger partial charge in [-0.1, -0.05) is 42.5 Å². The van der Waals surface area contributed by atoms with Crippen molar-refractivity contribution in [2.75, 3.05) is 33.7 Å². The Balaban J connectivity index is 1.77. The second kappa shape index (κ2) is 13.1. The Morgan fingerprint density at radius 1 is 0.935 bits per heavy atom. The summed E-state index contributed by atoms with van der Waals surface area (Å²) in [7, 11) is 3.50. The highest BCUT2D eigenvalue weighted by Crippen LogP contribution is 2.07. The number of nitrogens with zero attached hydrogens (tertiary/aromatic N) is 2. The lowest BCUT2D eigenvalue weighted by Gasteiger charge is -2.13. The third-order valence-corrected chi connectivity index (χ3v) is 4.57. The van der Waals surface area contributed by atoms with E-state index in [1.54, 1.807) is 19.0 Å². The van der Waals surface area contributed by atoms with Gasteiger partial charge in [0.05, 0.1) is 6.54 Å². The third kappa shape index (κ3) is 8.90. The summed E-state index contributed by atoms with van der Waals surface area (Å²) < 4.78 is 0. The minimum absolute atomic E-state index is 0.00440. The van der Waals surface area contributed by atoms with Crippen molar-refractivity contribution in [3.8, 4) is 0 Å². The van der Waals surface area contributed by atoms with Gasteiger partial charge < -0.3 is 20.9 Å². The highest BCUT2D eigenvalue weighted by Gasteiger charge is 2.08. The number of guanidine groups is 1. The van der Waals surface area contributed by atoms with Crippen LogP contribution in [0.5, 0.6) is 0 Å². The highest BCUT2D eigenvalue weighted by atomic mass is 16.2. The molecule has 0 unspecified atom stereocenters. The summed E-state index contributed by atoms with van der Waals surface area (Å²) in [5.41, 5.74) is 2.84. The van der Waals surface area contributed by atoms with Gasteiger partial charge in [0, 0.05) is 45.7 Å². The molecule has 31 heavy (non-hydrogen) atoms. The van der Waals surface area contributed by atoms with Gasteiger partial charge in [0.2, 0.25) is 5.91 Å². The van der Waals surface area contributed by atoms with E-state index in [9.17, 15) is 9.59 Å². The normalized spacial score (nSPS) is 11.0. The Bertz CT molecular complexity index is 865. The Kier molecular flexibility index (Phi) is 10.1. The van der Waals surface area contributed by atoms with Crippen molar-refractivity contribution >= 4 is 17.8 Å². The van der Waals surface area contributed by atoms with E-state index in [4.69, 9.17) is 0 Å². The molecule has 0 aromatic heterocycles. The van der Waals surface area contributed by atoms with Crippen LogP contribution < -0.4 is 16.0 Å². The van der Waals surface area contributed by atoms with Crippen LogP contribution in [-0.4, -0.2) is 56.4 Å². The quantitative estimate of drug-likeness (QED) is 0.404. The summed E-state index contributed by atoms with van der Waals surface area (Å²) >= 11 is 0. The number of hydrogen-bond donors (Lipinski definition) is 3. The molecule has 0 heterocycles. The Hall–Kier alpha value is -3.35. The molecule has 0 bridgehead atoms. The molecule has 0 saturated heterocycles. The number of hydrogen-bond acceptors (Lipinski definition) is 3. The lowest BCUT2D eigenvalue weighted by molar-refractivity contribution is -0.121. The number of aliphatic imine (C=N–C) groups is 1. The second-order valence-corrected chi connectivity index (χ2v) is 7.35. The van der Waals surface area contributed by atoms with Crippen molar-refractivity contribution in [1.29, 1.82) is 0 Å². The molecule has 0 fully saturated rings. The SMILES string of the molecule is CCNC(=NCCC(=O)NCc1ccccc1)NCCc1cccc(C(=O)N(C)C)c1. The second-order valence-electron chi connectivity index (χ2n) is 7.35. The molecule has 3 N–H and O–H groups in total. The Labute approximate surface area is 184 Å². The summed E-state index contributed by atoms with van der Waals surface area (Å²) in [4.78, 5) is 30.2. The van der Waals surface area contributed by atoms with Gasteiger partial charge in [0.15, 0.2) is 5.96 Å². The van der Waals surface area contributed by atoms with Gasteiger partial charge in [-0.15, -0.1) is 0 Å². The fourth-order valence-corrected chi connectivity index (χ4v) is 2.94. The minimum atomic E-state index is -0.0224. The molecule has 7 nitrogen and oxygen atoms in total. The molecule has 166 valence electrons. The van der Waals surface area contributed by atoms with E-state index < -0.39 is 0 Å². The molecule has 7 heteroatoms. The molecule has 0 aliphatic heterocycles. The highest BCUT2D eigenvalue weighted by molar-refractivity contribution is 5.94. The van der Waals surface area contributed by atoms with E-state index in [0.717, 1.165) is 24.1 Å². The monoisotopic (exact) mass is 423 g/mol.